The van der Waals surface area contributed by atoms with Crippen LogP contribution in [0.3, 0.4) is 0 Å². The van der Waals surface area contributed by atoms with Crippen molar-refractivity contribution in [2.45, 2.75) is 43.8 Å². The van der Waals surface area contributed by atoms with E-state index < -0.39 is 12.1 Å². The van der Waals surface area contributed by atoms with Crippen molar-refractivity contribution in [1.82, 2.24) is 40.0 Å². The molecule has 0 bridgehead atoms. The van der Waals surface area contributed by atoms with Crippen LogP contribution in [0.2, 0.25) is 0 Å². The highest BCUT2D eigenvalue weighted by Crippen LogP contribution is 2.35. The maximum absolute atomic E-state index is 13.7. The molecule has 2 aliphatic heterocycles. The third kappa shape index (κ3) is 6.56. The monoisotopic (exact) mass is 672 g/mol. The first-order chi connectivity index (χ1) is 24.3. The third-order valence-corrected chi connectivity index (χ3v) is 9.61. The molecule has 12 nitrogen and oxygen atoms in total. The third-order valence-electron chi connectivity index (χ3n) is 9.61. The summed E-state index contributed by atoms with van der Waals surface area (Å²) in [6, 6.07) is 24.2. The van der Waals surface area contributed by atoms with Gasteiger partial charge in [0.1, 0.15) is 17.7 Å². The Hall–Kier alpha value is -5.91. The van der Waals surface area contributed by atoms with Crippen LogP contribution in [0.1, 0.15) is 61.0 Å². The Bertz CT molecular complexity index is 1970. The lowest BCUT2D eigenvalue weighted by atomic mass is 10.0. The molecule has 4 heterocycles. The lowest BCUT2D eigenvalue weighted by Gasteiger charge is -2.28. The second-order valence-corrected chi connectivity index (χ2v) is 13.0. The van der Waals surface area contributed by atoms with E-state index in [1.165, 1.54) is 0 Å². The Morgan fingerprint density at radius 1 is 0.740 bits per heavy atom. The van der Waals surface area contributed by atoms with E-state index in [4.69, 9.17) is 0 Å². The quantitative estimate of drug-likeness (QED) is 0.145. The molecule has 4 N–H and O–H groups in total. The Labute approximate surface area is 290 Å². The van der Waals surface area contributed by atoms with Crippen LogP contribution in [0.5, 0.6) is 0 Å². The molecule has 0 spiro atoms. The van der Waals surface area contributed by atoms with Crippen molar-refractivity contribution in [3.63, 3.8) is 0 Å². The predicted molar refractivity (Wildman–Crippen MR) is 189 cm³/mol. The van der Waals surface area contributed by atoms with E-state index in [0.29, 0.717) is 17.9 Å². The Morgan fingerprint density at radius 2 is 1.22 bits per heavy atom. The zero-order valence-electron chi connectivity index (χ0n) is 28.0. The summed E-state index contributed by atoms with van der Waals surface area (Å²) in [7, 11) is 3.55. The van der Waals surface area contributed by atoms with Gasteiger partial charge in [0.15, 0.2) is 0 Å². The number of amides is 4. The van der Waals surface area contributed by atoms with E-state index in [0.717, 1.165) is 71.7 Å². The summed E-state index contributed by atoms with van der Waals surface area (Å²) >= 11 is 0. The average molecular weight is 673 g/mol. The zero-order chi connectivity index (χ0) is 34.8. The first-order valence-corrected chi connectivity index (χ1v) is 16.9. The van der Waals surface area contributed by atoms with E-state index in [-0.39, 0.29) is 24.0 Å². The minimum absolute atomic E-state index is 0.00527. The van der Waals surface area contributed by atoms with Crippen LogP contribution in [0, 0.1) is 0 Å². The summed E-state index contributed by atoms with van der Waals surface area (Å²) in [5, 5.41) is 11.9. The summed E-state index contributed by atoms with van der Waals surface area (Å²) in [5.41, 5.74) is 6.48. The Morgan fingerprint density at radius 3 is 1.72 bits per heavy atom. The summed E-state index contributed by atoms with van der Waals surface area (Å²) in [5.74, 6) is 1.20. The number of rotatable bonds is 8. The molecule has 2 aromatic heterocycles. The van der Waals surface area contributed by atoms with Crippen LogP contribution in [-0.4, -0.2) is 85.0 Å². The number of carbonyl (C=O) groups is 3. The van der Waals surface area contributed by atoms with Gasteiger partial charge in [-0.15, -0.1) is 0 Å². The molecular formula is C38H40N8O4. The number of aromatic nitrogens is 4. The fraction of sp³-hybridized carbons (Fsp3) is 0.289. The maximum Gasteiger partial charge on any atom is 0.405 e. The predicted octanol–water partition coefficient (Wildman–Crippen LogP) is 6.62. The molecule has 2 saturated heterocycles. The lowest BCUT2D eigenvalue weighted by molar-refractivity contribution is -0.134. The van der Waals surface area contributed by atoms with Gasteiger partial charge in [-0.05, 0) is 53.5 Å². The number of benzene rings is 3. The maximum atomic E-state index is 13.7. The minimum Gasteiger partial charge on any atom is -0.465 e. The molecule has 12 heteroatoms. The van der Waals surface area contributed by atoms with Gasteiger partial charge in [-0.2, -0.15) is 0 Å². The highest BCUT2D eigenvalue weighted by molar-refractivity contribution is 5.87. The molecule has 50 heavy (non-hydrogen) atoms. The van der Waals surface area contributed by atoms with Crippen molar-refractivity contribution in [3.05, 3.63) is 108 Å². The van der Waals surface area contributed by atoms with Gasteiger partial charge in [-0.1, -0.05) is 78.9 Å². The second kappa shape index (κ2) is 13.9. The molecule has 7 rings (SSSR count). The number of hydrogen-bond acceptors (Lipinski definition) is 5. The van der Waals surface area contributed by atoms with Gasteiger partial charge in [0.25, 0.3) is 5.91 Å². The van der Waals surface area contributed by atoms with Crippen molar-refractivity contribution < 1.29 is 19.5 Å². The zero-order valence-corrected chi connectivity index (χ0v) is 28.0. The SMILES string of the molecule is CN(C)C(=O)N1CCC[C@H]1c1ncc(-c2ccc(-c3ccc(-c4cnc([C@@H]5CCCN5C(=O)[C@H](NC(=O)O)c5ccccc5)[nH]4)cc3)cc2)[nH]1. The molecule has 0 radical (unpaired) electrons. The number of hydrogen-bond donors (Lipinski definition) is 4. The summed E-state index contributed by atoms with van der Waals surface area (Å²) < 4.78 is 0. The van der Waals surface area contributed by atoms with Gasteiger partial charge in [0.05, 0.1) is 35.9 Å². The van der Waals surface area contributed by atoms with Crippen LogP contribution >= 0.6 is 0 Å². The molecule has 0 saturated carbocycles. The normalized spacial score (nSPS) is 17.9. The van der Waals surface area contributed by atoms with Crippen LogP contribution in [0.25, 0.3) is 33.6 Å². The van der Waals surface area contributed by atoms with E-state index in [1.807, 2.05) is 29.3 Å². The summed E-state index contributed by atoms with van der Waals surface area (Å²) in [6.45, 7) is 1.26. The number of aromatic amines is 2. The number of likely N-dealkylation sites (tertiary alicyclic amines) is 2. The van der Waals surface area contributed by atoms with E-state index in [2.05, 4.69) is 61.7 Å². The highest BCUT2D eigenvalue weighted by Gasteiger charge is 2.37. The van der Waals surface area contributed by atoms with E-state index in [1.54, 1.807) is 54.4 Å². The van der Waals surface area contributed by atoms with Crippen molar-refractivity contribution in [1.29, 1.82) is 0 Å². The topological polar surface area (TPSA) is 151 Å². The number of nitrogens with zero attached hydrogens (tertiary/aromatic N) is 5. The first-order valence-electron chi connectivity index (χ1n) is 16.9. The number of imidazole rings is 2. The molecule has 3 aromatic carbocycles. The van der Waals surface area contributed by atoms with Crippen molar-refractivity contribution in [2.75, 3.05) is 27.2 Å². The van der Waals surface area contributed by atoms with Crippen molar-refractivity contribution in [3.8, 4) is 33.6 Å². The molecular weight excluding hydrogens is 632 g/mol. The van der Waals surface area contributed by atoms with Gasteiger partial charge in [-0.3, -0.25) is 4.79 Å². The van der Waals surface area contributed by atoms with Crippen molar-refractivity contribution >= 4 is 18.0 Å². The van der Waals surface area contributed by atoms with Crippen molar-refractivity contribution in [2.24, 2.45) is 0 Å². The van der Waals surface area contributed by atoms with E-state index in [9.17, 15) is 19.5 Å². The van der Waals surface area contributed by atoms with Crippen LogP contribution in [0.15, 0.2) is 91.3 Å². The van der Waals surface area contributed by atoms with Crippen LogP contribution in [0.4, 0.5) is 9.59 Å². The number of nitrogens with one attached hydrogen (secondary N) is 3. The first kappa shape index (κ1) is 32.6. The summed E-state index contributed by atoms with van der Waals surface area (Å²) in [4.78, 5) is 59.2. The van der Waals surface area contributed by atoms with Crippen LogP contribution < -0.4 is 5.32 Å². The van der Waals surface area contributed by atoms with Gasteiger partial charge >= 0.3 is 12.1 Å². The number of carboxylic acid groups (broad SMARTS) is 1. The van der Waals surface area contributed by atoms with Gasteiger partial charge in [-0.25, -0.2) is 19.6 Å². The number of carbonyl (C=O) groups excluding carboxylic acids is 2. The van der Waals surface area contributed by atoms with Gasteiger partial charge < -0.3 is 35.1 Å². The Kier molecular flexibility index (Phi) is 9.07. The lowest BCUT2D eigenvalue weighted by Crippen LogP contribution is -2.42. The fourth-order valence-corrected chi connectivity index (χ4v) is 7.06. The number of H-pyrrole nitrogens is 2. The van der Waals surface area contributed by atoms with Gasteiger partial charge in [0.2, 0.25) is 0 Å². The minimum atomic E-state index is -1.25. The summed E-state index contributed by atoms with van der Waals surface area (Å²) in [6.07, 6.45) is 5.75. The highest BCUT2D eigenvalue weighted by atomic mass is 16.4. The molecule has 2 fully saturated rings. The molecule has 0 unspecified atom stereocenters. The molecule has 3 atom stereocenters. The smallest absolute Gasteiger partial charge is 0.405 e. The molecule has 0 aliphatic carbocycles. The fourth-order valence-electron chi connectivity index (χ4n) is 7.06. The van der Waals surface area contributed by atoms with Crippen LogP contribution in [-0.2, 0) is 4.79 Å². The van der Waals surface area contributed by atoms with Gasteiger partial charge in [0, 0.05) is 27.2 Å². The molecule has 5 aromatic rings. The Balaban J connectivity index is 1.02. The largest absolute Gasteiger partial charge is 0.465 e. The van der Waals surface area contributed by atoms with E-state index >= 15 is 0 Å². The number of urea groups is 1. The second-order valence-electron chi connectivity index (χ2n) is 13.0. The average Bonchev–Trinajstić information content (AvgIpc) is 3.97. The standard InChI is InChI=1S/C38H40N8O4/c1-44(2)38(50)46-21-7-11-32(46)35-40-23-30(42-35)27-18-14-25(15-19-27)24-12-16-26(17-13-24)29-22-39-34(41-29)31-10-6-20-45(31)36(47)33(43-37(48)49)28-8-4-3-5-9-28/h3-5,8-9,12-19,22-23,31-33,43H,6-7,10-11,20-21H2,1-2H3,(H,39,41)(H,40,42)(H,48,49)/t31-,32-,33+/m0/s1. The molecule has 256 valence electrons. The molecule has 4 amide bonds. The molecule has 2 aliphatic rings.